The summed E-state index contributed by atoms with van der Waals surface area (Å²) in [6, 6.07) is 0. The van der Waals surface area contributed by atoms with Gasteiger partial charge in [-0.15, -0.1) is 0 Å². The van der Waals surface area contributed by atoms with Crippen LogP contribution >= 0.6 is 15.9 Å². The Morgan fingerprint density at radius 3 is 2.70 bits per heavy atom. The van der Waals surface area contributed by atoms with E-state index in [4.69, 9.17) is 4.74 Å². The zero-order chi connectivity index (χ0) is 14.5. The lowest BCUT2D eigenvalue weighted by atomic mass is 10.3. The van der Waals surface area contributed by atoms with Gasteiger partial charge < -0.3 is 9.64 Å². The van der Waals surface area contributed by atoms with Gasteiger partial charge in [0.05, 0.1) is 34.8 Å². The molecule has 0 aliphatic carbocycles. The molecule has 7 heteroatoms. The van der Waals surface area contributed by atoms with E-state index in [-0.39, 0.29) is 5.56 Å². The average molecular weight is 341 g/mol. The van der Waals surface area contributed by atoms with Crippen molar-refractivity contribution in [2.45, 2.75) is 13.8 Å². The van der Waals surface area contributed by atoms with Crippen LogP contribution in [0.1, 0.15) is 13.8 Å². The van der Waals surface area contributed by atoms with Crippen LogP contribution in [0.3, 0.4) is 0 Å². The van der Waals surface area contributed by atoms with Crippen LogP contribution in [0.5, 0.6) is 0 Å². The van der Waals surface area contributed by atoms with Gasteiger partial charge in [0.25, 0.3) is 5.56 Å². The summed E-state index contributed by atoms with van der Waals surface area (Å²) in [5.74, 6) is 0.579. The standard InChI is InChI=1S/C11H11BrN4O2.C2H6/c12-7-5-13-6-8-9(7)10(17)15-11(14-8)16-1-3-18-4-2-16;1-2/h5-6H,1-4H2,(H,14,15,17);1-2H3. The molecule has 0 radical (unpaired) electrons. The molecule has 3 heterocycles. The Bertz CT molecular complexity index is 638. The number of hydrogen-bond acceptors (Lipinski definition) is 5. The van der Waals surface area contributed by atoms with E-state index in [9.17, 15) is 4.79 Å². The molecule has 1 saturated heterocycles. The quantitative estimate of drug-likeness (QED) is 0.858. The number of aromatic nitrogens is 3. The first kappa shape index (κ1) is 14.9. The number of fused-ring (bicyclic) bond motifs is 1. The van der Waals surface area contributed by atoms with Gasteiger partial charge in [0.15, 0.2) is 0 Å². The third-order valence-electron chi connectivity index (χ3n) is 2.87. The maximum Gasteiger partial charge on any atom is 0.261 e. The van der Waals surface area contributed by atoms with Gasteiger partial charge in [-0.1, -0.05) is 13.8 Å². The number of ether oxygens (including phenoxy) is 1. The fraction of sp³-hybridized carbons (Fsp3) is 0.462. The number of halogens is 1. The molecular weight excluding hydrogens is 324 g/mol. The van der Waals surface area contributed by atoms with Crippen LogP contribution in [0.25, 0.3) is 10.9 Å². The zero-order valence-electron chi connectivity index (χ0n) is 11.5. The Kier molecular flexibility index (Phi) is 5.08. The summed E-state index contributed by atoms with van der Waals surface area (Å²) in [5, 5.41) is 0.530. The molecule has 0 amide bonds. The number of morpholine rings is 1. The topological polar surface area (TPSA) is 71.1 Å². The predicted molar refractivity (Wildman–Crippen MR) is 82.2 cm³/mol. The van der Waals surface area contributed by atoms with Crippen molar-refractivity contribution >= 4 is 32.8 Å². The highest BCUT2D eigenvalue weighted by atomic mass is 79.9. The minimum Gasteiger partial charge on any atom is -0.378 e. The van der Waals surface area contributed by atoms with E-state index in [0.717, 1.165) is 13.1 Å². The monoisotopic (exact) mass is 340 g/mol. The lowest BCUT2D eigenvalue weighted by Gasteiger charge is -2.27. The van der Waals surface area contributed by atoms with Crippen molar-refractivity contribution < 1.29 is 4.74 Å². The lowest BCUT2D eigenvalue weighted by Crippen LogP contribution is -2.38. The second kappa shape index (κ2) is 6.81. The summed E-state index contributed by atoms with van der Waals surface area (Å²) < 4.78 is 5.93. The average Bonchev–Trinajstić information content (AvgIpc) is 2.50. The molecule has 108 valence electrons. The molecule has 2 aromatic rings. The van der Waals surface area contributed by atoms with E-state index in [1.807, 2.05) is 18.7 Å². The smallest absolute Gasteiger partial charge is 0.261 e. The van der Waals surface area contributed by atoms with Crippen molar-refractivity contribution in [2.24, 2.45) is 0 Å². The van der Waals surface area contributed by atoms with Crippen LogP contribution in [0.4, 0.5) is 5.95 Å². The molecule has 0 aromatic carbocycles. The molecule has 2 aromatic heterocycles. The van der Waals surface area contributed by atoms with Crippen molar-refractivity contribution in [3.05, 3.63) is 27.2 Å². The minimum absolute atomic E-state index is 0.157. The Morgan fingerprint density at radius 1 is 1.30 bits per heavy atom. The summed E-state index contributed by atoms with van der Waals surface area (Å²) in [7, 11) is 0. The van der Waals surface area contributed by atoms with Crippen LogP contribution in [0.15, 0.2) is 21.7 Å². The molecule has 0 bridgehead atoms. The highest BCUT2D eigenvalue weighted by Crippen LogP contribution is 2.19. The van der Waals surface area contributed by atoms with Gasteiger partial charge in [-0.25, -0.2) is 4.98 Å². The van der Waals surface area contributed by atoms with E-state index < -0.39 is 0 Å². The largest absolute Gasteiger partial charge is 0.378 e. The number of rotatable bonds is 1. The molecule has 0 spiro atoms. The molecule has 3 rings (SSSR count). The number of hydrogen-bond donors (Lipinski definition) is 1. The van der Waals surface area contributed by atoms with Gasteiger partial charge in [-0.3, -0.25) is 14.8 Å². The van der Waals surface area contributed by atoms with E-state index in [1.54, 1.807) is 12.4 Å². The summed E-state index contributed by atoms with van der Waals surface area (Å²) in [4.78, 5) is 25.3. The Balaban J connectivity index is 0.000000704. The third-order valence-corrected chi connectivity index (χ3v) is 3.47. The van der Waals surface area contributed by atoms with Gasteiger partial charge in [0, 0.05) is 19.3 Å². The first-order valence-electron chi connectivity index (χ1n) is 6.62. The number of anilines is 1. The number of nitrogens with zero attached hydrogens (tertiary/aromatic N) is 3. The maximum absolute atomic E-state index is 12.1. The van der Waals surface area contributed by atoms with E-state index in [0.29, 0.717) is 34.5 Å². The van der Waals surface area contributed by atoms with Gasteiger partial charge in [0.1, 0.15) is 0 Å². The van der Waals surface area contributed by atoms with Crippen molar-refractivity contribution in [1.82, 2.24) is 15.0 Å². The van der Waals surface area contributed by atoms with Crippen molar-refractivity contribution in [2.75, 3.05) is 31.2 Å². The molecule has 0 saturated carbocycles. The molecule has 6 nitrogen and oxygen atoms in total. The van der Waals surface area contributed by atoms with Gasteiger partial charge in [-0.2, -0.15) is 0 Å². The van der Waals surface area contributed by atoms with E-state index in [1.165, 1.54) is 0 Å². The highest BCUT2D eigenvalue weighted by Gasteiger charge is 2.15. The van der Waals surface area contributed by atoms with Gasteiger partial charge in [0.2, 0.25) is 5.95 Å². The second-order valence-corrected chi connectivity index (χ2v) is 4.86. The molecular formula is C13H17BrN4O2. The number of aromatic amines is 1. The second-order valence-electron chi connectivity index (χ2n) is 4.00. The molecule has 20 heavy (non-hydrogen) atoms. The first-order chi connectivity index (χ1) is 9.75. The van der Waals surface area contributed by atoms with E-state index in [2.05, 4.69) is 30.9 Å². The van der Waals surface area contributed by atoms with Crippen LogP contribution in [-0.2, 0) is 4.74 Å². The molecule has 1 aliphatic rings. The summed E-state index contributed by atoms with van der Waals surface area (Å²) in [6.45, 7) is 6.77. The first-order valence-corrected chi connectivity index (χ1v) is 7.41. The Hall–Kier alpha value is -1.47. The minimum atomic E-state index is -0.157. The molecule has 1 aliphatic heterocycles. The predicted octanol–water partition coefficient (Wildman–Crippen LogP) is 1.94. The molecule has 1 N–H and O–H groups in total. The normalized spacial score (nSPS) is 14.8. The van der Waals surface area contributed by atoms with Crippen LogP contribution in [0, 0.1) is 0 Å². The summed E-state index contributed by atoms with van der Waals surface area (Å²) in [5.41, 5.74) is 0.436. The fourth-order valence-corrected chi connectivity index (χ4v) is 2.47. The van der Waals surface area contributed by atoms with Gasteiger partial charge >= 0.3 is 0 Å². The number of H-pyrrole nitrogens is 1. The van der Waals surface area contributed by atoms with Crippen LogP contribution in [-0.4, -0.2) is 41.3 Å². The van der Waals surface area contributed by atoms with Crippen molar-refractivity contribution in [1.29, 1.82) is 0 Å². The molecule has 1 fully saturated rings. The highest BCUT2D eigenvalue weighted by molar-refractivity contribution is 9.10. The fourth-order valence-electron chi connectivity index (χ4n) is 1.97. The van der Waals surface area contributed by atoms with Crippen molar-refractivity contribution in [3.63, 3.8) is 0 Å². The number of pyridine rings is 1. The summed E-state index contributed by atoms with van der Waals surface area (Å²) in [6.07, 6.45) is 3.19. The summed E-state index contributed by atoms with van der Waals surface area (Å²) >= 11 is 3.31. The molecule has 0 unspecified atom stereocenters. The van der Waals surface area contributed by atoms with E-state index >= 15 is 0 Å². The SMILES string of the molecule is CC.O=c1[nH]c(N2CCOCC2)nc2cncc(Br)c12. The Morgan fingerprint density at radius 2 is 2.00 bits per heavy atom. The van der Waals surface area contributed by atoms with Crippen LogP contribution in [0.2, 0.25) is 0 Å². The Labute approximate surface area is 125 Å². The van der Waals surface area contributed by atoms with Crippen LogP contribution < -0.4 is 10.5 Å². The number of nitrogens with one attached hydrogen (secondary N) is 1. The maximum atomic E-state index is 12.1. The molecule has 0 atom stereocenters. The lowest BCUT2D eigenvalue weighted by molar-refractivity contribution is 0.122. The van der Waals surface area contributed by atoms with Gasteiger partial charge in [-0.05, 0) is 15.9 Å². The van der Waals surface area contributed by atoms with Crippen molar-refractivity contribution in [3.8, 4) is 0 Å². The zero-order valence-corrected chi connectivity index (χ0v) is 13.1. The third kappa shape index (κ3) is 2.99.